The van der Waals surface area contributed by atoms with Crippen LogP contribution in [0, 0.1) is 47.4 Å². The van der Waals surface area contributed by atoms with E-state index in [9.17, 15) is 48.8 Å². The van der Waals surface area contributed by atoms with Gasteiger partial charge in [0.05, 0.1) is 105 Å². The van der Waals surface area contributed by atoms with E-state index in [1.165, 1.54) is 50.9 Å². The van der Waals surface area contributed by atoms with Gasteiger partial charge in [0.2, 0.25) is 30.1 Å². The van der Waals surface area contributed by atoms with Crippen molar-refractivity contribution < 1.29 is 48.8 Å². The Morgan fingerprint density at radius 1 is 0.400 bits per heavy atom. The summed E-state index contributed by atoms with van der Waals surface area (Å²) in [4.78, 5) is 83.2. The number of amides is 4. The average Bonchev–Trinajstić information content (AvgIpc) is 1.89. The van der Waals surface area contributed by atoms with Gasteiger partial charge >= 0.3 is 0 Å². The lowest BCUT2D eigenvalue weighted by atomic mass is 9.97. The number of nitrogens with one attached hydrogen (secondary N) is 2. The first-order chi connectivity index (χ1) is 62.5. The monoisotopic (exact) mass is 1940 g/mol. The molecule has 13 heterocycles. The molecular weight excluding hydrogens is 1820 g/mol. The van der Waals surface area contributed by atoms with E-state index < -0.39 is 41.8 Å². The summed E-state index contributed by atoms with van der Waals surface area (Å²) in [6.45, 7) is 16.4. The molecule has 0 radical (unpaired) electrons. The summed E-state index contributed by atoms with van der Waals surface area (Å²) in [5.41, 5.74) is 24.2. The van der Waals surface area contributed by atoms with Gasteiger partial charge in [0.25, 0.3) is 23.6 Å². The maximum atomic E-state index is 14.2. The highest BCUT2D eigenvalue weighted by atomic mass is 35.5. The normalized spacial score (nSPS) is 18.5. The van der Waals surface area contributed by atoms with Crippen molar-refractivity contribution in [1.82, 2.24) is 78.0 Å². The summed E-state index contributed by atoms with van der Waals surface area (Å²) in [6.07, 6.45) is 22.2. The Morgan fingerprint density at radius 3 is 1.18 bits per heavy atom. The van der Waals surface area contributed by atoms with Gasteiger partial charge in [-0.15, -0.1) is 0 Å². The summed E-state index contributed by atoms with van der Waals surface area (Å²) in [5.74, 6) is 1.18. The van der Waals surface area contributed by atoms with Crippen LogP contribution in [0.2, 0.25) is 10.0 Å². The molecule has 4 amide bonds. The third kappa shape index (κ3) is 22.2. The number of sulfonamides is 3. The Hall–Kier alpha value is -11.4. The number of hydrogen-bond donors (Lipinski definition) is 3. The van der Waals surface area contributed by atoms with Gasteiger partial charge < -0.3 is 30.2 Å². The summed E-state index contributed by atoms with van der Waals surface area (Å²) < 4.78 is 99.5. The molecule has 12 aromatic rings. The predicted molar refractivity (Wildman–Crippen MR) is 531 cm³/mol. The maximum Gasteiger partial charge on any atom is 0.256 e. The van der Waals surface area contributed by atoms with Crippen LogP contribution in [0.4, 0.5) is 33.0 Å². The van der Waals surface area contributed by atoms with Crippen LogP contribution in [0.15, 0.2) is 115 Å². The largest absolute Gasteiger partial charge is 0.398 e. The standard InChI is InChI=1S/C24H29ClN6O3S.C24H28FN5O3S.C24H29N5O3S.C22H24ClN5O.4CH4/c1-15-16(2)26-22-14-20(27-31(22)23(15)29-10-6-11-29)21-7-4-5-12-30(21)24(32)18-13-17(25)8-9-19(18)28-35(3,33)34;1-15-12-19(16-7-8-16)26-23-14-20(27-30(15)23)22-6-4-5-11-29(22)24(31)18-13-17(25)9-10-21(18)28(2)34(3,32)33;1-15-7-10-18(20(12-15)27-33(3,31)32)24(30)28-11-5-4-6-22(28)21-14-23-25-19(17-8-9-17)13-16(2)29(23)26-21;1-13-10-18(14-5-6-14)25-21-12-19(26-28(13)21)20-4-2-3-9-27(20)22(29)16-11-15(23)7-8-17(16)24;;;;/h8-9,13-14,21,28H,4-7,10-12H2,1-3H3;9-10,12-14,16,22H,4-8,11H2,1-3H3;7,10,12-14,17,22,27H,4-6,8-9,11H2,1-3H3;7-8,10-12,14,20H,2-6,9,24H2,1H3;4*1H4/t21-;2*22-;20-;;;;/m0000..../s1. The summed E-state index contributed by atoms with van der Waals surface area (Å²) >= 11 is 12.3. The van der Waals surface area contributed by atoms with Gasteiger partial charge in [-0.05, 0) is 254 Å². The van der Waals surface area contributed by atoms with E-state index in [0.717, 1.165) is 247 Å². The second-order valence-corrected chi connectivity index (χ2v) is 42.7. The number of nitrogens with two attached hydrogens (primary N) is 1. The first kappa shape index (κ1) is 101. The van der Waals surface area contributed by atoms with E-state index in [2.05, 4.69) is 46.4 Å². The number of benzene rings is 4. The lowest BCUT2D eigenvalue weighted by Gasteiger charge is -2.35. The van der Waals surface area contributed by atoms with Crippen LogP contribution >= 0.6 is 23.2 Å². The third-order valence-electron chi connectivity index (χ3n) is 26.0. The quantitative estimate of drug-likeness (QED) is 0.0672. The Labute approximate surface area is 801 Å². The molecule has 135 heavy (non-hydrogen) atoms. The fourth-order valence-electron chi connectivity index (χ4n) is 18.5. The minimum atomic E-state index is -3.63. The minimum Gasteiger partial charge on any atom is -0.398 e. The van der Waals surface area contributed by atoms with Crippen molar-refractivity contribution in [3.63, 3.8) is 0 Å². The number of aromatic nitrogens is 12. The van der Waals surface area contributed by atoms with Gasteiger partial charge in [-0.25, -0.2) is 63.1 Å². The molecule has 3 aliphatic carbocycles. The zero-order valence-corrected chi connectivity index (χ0v) is 79.2. The molecule has 4 aromatic carbocycles. The van der Waals surface area contributed by atoms with Gasteiger partial charge in [0, 0.05) is 149 Å². The summed E-state index contributed by atoms with van der Waals surface area (Å²) in [5, 5.41) is 20.3. The highest BCUT2D eigenvalue weighted by Gasteiger charge is 2.40. The second kappa shape index (κ2) is 40.9. The molecule has 0 unspecified atom stereocenters. The molecule has 31 nitrogen and oxygen atoms in total. The van der Waals surface area contributed by atoms with E-state index in [1.54, 1.807) is 46.2 Å². The molecule has 3 saturated carbocycles. The number of fused-ring (bicyclic) bond motifs is 4. The zero-order chi connectivity index (χ0) is 92.6. The van der Waals surface area contributed by atoms with E-state index in [0.29, 0.717) is 76.5 Å². The third-order valence-corrected chi connectivity index (χ3v) is 28.9. The Balaban J connectivity index is 0.000000151. The minimum absolute atomic E-state index is 0. The fraction of sp³-hybridized carbons (Fsp3) is 0.469. The number of nitrogen functional groups attached to an aromatic ring is 1. The zero-order valence-electron chi connectivity index (χ0n) is 75.3. The predicted octanol–water partition coefficient (Wildman–Crippen LogP) is 18.8. The maximum absolute atomic E-state index is 14.2. The summed E-state index contributed by atoms with van der Waals surface area (Å²) in [6, 6.07) is 32.0. The Morgan fingerprint density at radius 2 is 0.778 bits per heavy atom. The number of carbonyl (C=O) groups is 4. The average molecular weight is 1940 g/mol. The van der Waals surface area contributed by atoms with E-state index >= 15 is 0 Å². The smallest absolute Gasteiger partial charge is 0.256 e. The fourth-order valence-corrected chi connectivity index (χ4v) is 20.5. The highest BCUT2D eigenvalue weighted by molar-refractivity contribution is 7.92. The van der Waals surface area contributed by atoms with Crippen molar-refractivity contribution in [1.29, 1.82) is 0 Å². The molecule has 8 aromatic heterocycles. The number of hydrogen-bond acceptors (Lipinski definition) is 20. The number of rotatable bonds is 18. The number of carbonyl (C=O) groups excluding carboxylic acids is 4. The van der Waals surface area contributed by atoms with Gasteiger partial charge in [-0.1, -0.05) is 59.0 Å². The van der Waals surface area contributed by atoms with Crippen LogP contribution in [-0.4, -0.2) is 192 Å². The Bertz CT molecular complexity index is 6870. The van der Waals surface area contributed by atoms with Gasteiger partial charge in [-0.3, -0.25) is 32.9 Å². The second-order valence-electron chi connectivity index (χ2n) is 36.3. The molecule has 722 valence electrons. The van der Waals surface area contributed by atoms with Crippen molar-refractivity contribution >= 4 is 128 Å². The number of likely N-dealkylation sites (tertiary alicyclic amines) is 4. The van der Waals surface area contributed by atoms with Crippen molar-refractivity contribution in [2.24, 2.45) is 0 Å². The highest BCUT2D eigenvalue weighted by Crippen LogP contribution is 2.45. The van der Waals surface area contributed by atoms with Crippen LogP contribution in [0.5, 0.6) is 0 Å². The van der Waals surface area contributed by atoms with Crippen molar-refractivity contribution in [3.05, 3.63) is 227 Å². The van der Waals surface area contributed by atoms with E-state index in [4.69, 9.17) is 69.3 Å². The molecule has 4 N–H and O–H groups in total. The Kier molecular flexibility index (Phi) is 30.6. The molecule has 8 aliphatic rings. The molecular formula is C98H126Cl2FN21O10S3. The van der Waals surface area contributed by atoms with Crippen LogP contribution in [0.25, 0.3) is 22.6 Å². The van der Waals surface area contributed by atoms with Crippen molar-refractivity contribution in [2.45, 2.75) is 235 Å². The first-order valence-electron chi connectivity index (χ1n) is 45.1. The van der Waals surface area contributed by atoms with E-state index in [1.807, 2.05) is 85.9 Å². The molecule has 37 heteroatoms. The molecule has 0 bridgehead atoms. The topological polar surface area (TPSA) is 361 Å². The lowest BCUT2D eigenvalue weighted by molar-refractivity contribution is 0.0599. The molecule has 8 fully saturated rings. The van der Waals surface area contributed by atoms with Gasteiger partial charge in [0.15, 0.2) is 22.6 Å². The number of piperidine rings is 4. The summed E-state index contributed by atoms with van der Waals surface area (Å²) in [7, 11) is -9.36. The van der Waals surface area contributed by atoms with Crippen LogP contribution in [0.3, 0.4) is 0 Å². The molecule has 5 saturated heterocycles. The van der Waals surface area contributed by atoms with Crippen molar-refractivity contribution in [2.75, 3.05) is 89.5 Å². The number of nitrogens with zero attached hydrogens (tertiary/aromatic N) is 18. The molecule has 5 aliphatic heterocycles. The lowest BCUT2D eigenvalue weighted by Crippen LogP contribution is -2.40. The van der Waals surface area contributed by atoms with E-state index in [-0.39, 0.29) is 94.1 Å². The van der Waals surface area contributed by atoms with Crippen LogP contribution in [0.1, 0.15) is 309 Å². The van der Waals surface area contributed by atoms with Gasteiger partial charge in [0.1, 0.15) is 11.6 Å². The number of halogens is 3. The molecule has 20 rings (SSSR count). The van der Waals surface area contributed by atoms with Crippen LogP contribution < -0.4 is 24.4 Å². The SMILES string of the molecule is C.C.C.C.Cc1cc(C2CC2)nc2cc([C@@H]3CCCCN3C(=O)c3cc(Cl)ccc3N)nn12.Cc1cc(C2CC2)nc2cc([C@@H]3CCCCN3C(=O)c3cc(F)ccc3N(C)S(C)(=O)=O)nn12.Cc1ccc(C(=O)N2CCCC[C@H]2c2cc3nc(C4CC4)cc(C)n3n2)c(NS(C)(=O)=O)c1.Cc1nc2cc([C@@H]3CCCCN3C(=O)c3cc(Cl)ccc3NS(C)(=O)=O)nn2c(N2CCC2)c1C. The number of anilines is 5. The van der Waals surface area contributed by atoms with Gasteiger partial charge in [-0.2, -0.15) is 24.9 Å². The molecule has 0 spiro atoms. The first-order valence-corrected chi connectivity index (χ1v) is 51.5. The molecule has 4 atom stereocenters. The van der Waals surface area contributed by atoms with Crippen molar-refractivity contribution in [3.8, 4) is 0 Å². The van der Waals surface area contributed by atoms with Crippen LogP contribution in [-0.2, 0) is 30.1 Å². The number of aryl methyl sites for hydroxylation is 5.